The number of fused-ring (bicyclic) bond motifs is 3. The third-order valence-corrected chi connectivity index (χ3v) is 6.58. The number of benzene rings is 2. The largest absolute Gasteiger partial charge is 0.507 e. The zero-order chi connectivity index (χ0) is 26.2. The number of aliphatic hydroxyl groups excluding tert-OH is 1. The second kappa shape index (κ2) is 7.50. The number of hydrogen-bond acceptors (Lipinski definition) is 12. The van der Waals surface area contributed by atoms with Gasteiger partial charge in [-0.2, -0.15) is 0 Å². The molecule has 4 rings (SSSR count). The molecule has 5 N–H and O–H groups in total. The van der Waals surface area contributed by atoms with Crippen LogP contribution in [0.1, 0.15) is 36.6 Å². The molecule has 0 bridgehead atoms. The molecule has 184 valence electrons. The van der Waals surface area contributed by atoms with E-state index in [1.54, 1.807) is 0 Å². The molecule has 0 aliphatic heterocycles. The number of methoxy groups -OCH3 is 3. The quantitative estimate of drug-likeness (QED) is 0.215. The Hall–Kier alpha value is -4.00. The van der Waals surface area contributed by atoms with Crippen LogP contribution in [0.5, 0.6) is 17.2 Å². The third-order valence-electron chi connectivity index (χ3n) is 6.58. The number of aliphatic hydroxyl groups is 3. The Bertz CT molecular complexity index is 1400. The summed E-state index contributed by atoms with van der Waals surface area (Å²) in [5.74, 6) is -8.28. The highest BCUT2D eigenvalue weighted by atomic mass is 16.5. The number of Topliss-reactive ketones (excluding diaryl/α,β-unsaturated/α-hetero) is 2. The van der Waals surface area contributed by atoms with Crippen molar-refractivity contribution in [3.63, 3.8) is 0 Å². The lowest BCUT2D eigenvalue weighted by molar-refractivity contribution is -0.172. The molecule has 12 nitrogen and oxygen atoms in total. The number of aryl methyl sites for hydroxylation is 1. The van der Waals surface area contributed by atoms with E-state index in [4.69, 9.17) is 14.2 Å². The molecule has 2 aromatic carbocycles. The van der Waals surface area contributed by atoms with Gasteiger partial charge < -0.3 is 39.7 Å². The summed E-state index contributed by atoms with van der Waals surface area (Å²) in [5.41, 5.74) is -9.17. The van der Waals surface area contributed by atoms with E-state index in [0.717, 1.165) is 20.3 Å². The molecule has 0 aromatic heterocycles. The van der Waals surface area contributed by atoms with E-state index < -0.39 is 69.0 Å². The Kier molecular flexibility index (Phi) is 5.17. The van der Waals surface area contributed by atoms with Crippen molar-refractivity contribution in [2.75, 3.05) is 21.3 Å². The van der Waals surface area contributed by atoms with Crippen LogP contribution in [0.3, 0.4) is 0 Å². The summed E-state index contributed by atoms with van der Waals surface area (Å²) in [6, 6.07) is 1.09. The van der Waals surface area contributed by atoms with Gasteiger partial charge in [-0.3, -0.25) is 14.4 Å². The summed E-state index contributed by atoms with van der Waals surface area (Å²) in [6.07, 6.45) is -1.84. The van der Waals surface area contributed by atoms with Gasteiger partial charge in [0.25, 0.3) is 0 Å². The molecule has 2 aromatic rings. The van der Waals surface area contributed by atoms with Crippen molar-refractivity contribution >= 4 is 34.1 Å². The van der Waals surface area contributed by atoms with Gasteiger partial charge in [-0.25, -0.2) is 4.79 Å². The van der Waals surface area contributed by atoms with Crippen molar-refractivity contribution in [1.82, 2.24) is 0 Å². The van der Waals surface area contributed by atoms with Gasteiger partial charge in [0.1, 0.15) is 28.6 Å². The summed E-state index contributed by atoms with van der Waals surface area (Å²) in [7, 11) is 3.32. The first kappa shape index (κ1) is 24.1. The fourth-order valence-electron chi connectivity index (χ4n) is 4.75. The van der Waals surface area contributed by atoms with E-state index in [0.29, 0.717) is 6.08 Å². The molecule has 35 heavy (non-hydrogen) atoms. The van der Waals surface area contributed by atoms with Crippen LogP contribution in [0.2, 0.25) is 0 Å². The summed E-state index contributed by atoms with van der Waals surface area (Å²) < 4.78 is 14.7. The number of phenols is 2. The zero-order valence-electron chi connectivity index (χ0n) is 18.8. The molecule has 0 radical (unpaired) electrons. The zero-order valence-corrected chi connectivity index (χ0v) is 18.8. The lowest BCUT2D eigenvalue weighted by Gasteiger charge is -2.47. The van der Waals surface area contributed by atoms with E-state index in [9.17, 15) is 44.7 Å². The minimum Gasteiger partial charge on any atom is -0.507 e. The van der Waals surface area contributed by atoms with Crippen LogP contribution < -0.4 is 4.74 Å². The summed E-state index contributed by atoms with van der Waals surface area (Å²) in [4.78, 5) is 52.0. The van der Waals surface area contributed by atoms with Crippen LogP contribution in [0.15, 0.2) is 17.9 Å². The van der Waals surface area contributed by atoms with Gasteiger partial charge in [0.05, 0.1) is 32.5 Å². The minimum absolute atomic E-state index is 0.0218. The van der Waals surface area contributed by atoms with Gasteiger partial charge in [-0.15, -0.1) is 0 Å². The Morgan fingerprint density at radius 3 is 2.11 bits per heavy atom. The first-order chi connectivity index (χ1) is 16.3. The molecular formula is C23H20O12. The molecule has 0 saturated heterocycles. The second-order valence-electron chi connectivity index (χ2n) is 8.09. The molecule has 0 fully saturated rings. The average molecular weight is 488 g/mol. The van der Waals surface area contributed by atoms with Crippen molar-refractivity contribution < 1.29 is 58.9 Å². The fourth-order valence-corrected chi connectivity index (χ4v) is 4.75. The fraction of sp³-hybridized carbons (Fsp3) is 0.304. The van der Waals surface area contributed by atoms with Gasteiger partial charge in [0, 0.05) is 16.8 Å². The van der Waals surface area contributed by atoms with Crippen molar-refractivity contribution in [1.29, 1.82) is 0 Å². The monoisotopic (exact) mass is 488 g/mol. The number of hydrogen-bond donors (Lipinski definition) is 5. The first-order valence-corrected chi connectivity index (χ1v) is 10.0. The van der Waals surface area contributed by atoms with Gasteiger partial charge in [0.2, 0.25) is 28.6 Å². The number of rotatable bonds is 3. The summed E-state index contributed by atoms with van der Waals surface area (Å²) in [6.45, 7) is 1.34. The van der Waals surface area contributed by atoms with Crippen LogP contribution in [0.4, 0.5) is 0 Å². The summed E-state index contributed by atoms with van der Waals surface area (Å²) in [5, 5.41) is 54.4. The smallest absolute Gasteiger partial charge is 0.341 e. The maximum Gasteiger partial charge on any atom is 0.341 e. The SMILES string of the molecule is COC(=O)c1c(OC)cc2c(O)c3c(c(O)c2c1C)C(=O)C1(O)C(=O)C=C(OC)C(O)C1(O)C3=O. The average Bonchev–Trinajstić information content (AvgIpc) is 2.84. The van der Waals surface area contributed by atoms with Gasteiger partial charge in [-0.05, 0) is 18.6 Å². The molecule has 3 atom stereocenters. The van der Waals surface area contributed by atoms with Crippen LogP contribution in [-0.2, 0) is 14.3 Å². The number of ketones is 3. The molecule has 0 spiro atoms. The van der Waals surface area contributed by atoms with Crippen molar-refractivity contribution in [2.24, 2.45) is 0 Å². The predicted octanol–water partition coefficient (Wildman–Crippen LogP) is -0.330. The maximum atomic E-state index is 13.5. The van der Waals surface area contributed by atoms with Crippen molar-refractivity contribution in [2.45, 2.75) is 24.2 Å². The number of aromatic hydroxyl groups is 2. The molecule has 0 amide bonds. The van der Waals surface area contributed by atoms with Gasteiger partial charge >= 0.3 is 5.97 Å². The van der Waals surface area contributed by atoms with E-state index in [2.05, 4.69) is 0 Å². The molecule has 12 heteroatoms. The van der Waals surface area contributed by atoms with E-state index >= 15 is 0 Å². The maximum absolute atomic E-state index is 13.5. The Morgan fingerprint density at radius 1 is 0.971 bits per heavy atom. The normalized spacial score (nSPS) is 25.6. The molecule has 2 aliphatic rings. The van der Waals surface area contributed by atoms with E-state index in [-0.39, 0.29) is 27.6 Å². The van der Waals surface area contributed by atoms with Crippen LogP contribution >= 0.6 is 0 Å². The Morgan fingerprint density at radius 2 is 1.57 bits per heavy atom. The highest BCUT2D eigenvalue weighted by Gasteiger charge is 2.73. The summed E-state index contributed by atoms with van der Waals surface area (Å²) >= 11 is 0. The number of esters is 1. The number of phenolic OH excluding ortho intramolecular Hbond substituents is 2. The highest BCUT2D eigenvalue weighted by Crippen LogP contribution is 2.52. The third kappa shape index (κ3) is 2.61. The van der Waals surface area contributed by atoms with Crippen LogP contribution in [0, 0.1) is 6.92 Å². The Balaban J connectivity index is 2.19. The van der Waals surface area contributed by atoms with Gasteiger partial charge in [-0.1, -0.05) is 0 Å². The van der Waals surface area contributed by atoms with E-state index in [1.165, 1.54) is 14.0 Å². The molecule has 0 saturated carbocycles. The van der Waals surface area contributed by atoms with Gasteiger partial charge in [0.15, 0.2) is 6.10 Å². The van der Waals surface area contributed by atoms with Crippen LogP contribution in [-0.4, -0.2) is 87.5 Å². The lowest BCUT2D eigenvalue weighted by Crippen LogP contribution is -2.76. The highest BCUT2D eigenvalue weighted by molar-refractivity contribution is 6.36. The number of carbonyl (C=O) groups is 4. The molecular weight excluding hydrogens is 468 g/mol. The lowest BCUT2D eigenvalue weighted by atomic mass is 9.60. The topological polar surface area (TPSA) is 197 Å². The number of carbonyl (C=O) groups excluding carboxylic acids is 4. The molecule has 0 heterocycles. The first-order valence-electron chi connectivity index (χ1n) is 10.0. The van der Waals surface area contributed by atoms with Crippen LogP contribution in [0.25, 0.3) is 10.8 Å². The minimum atomic E-state index is -3.55. The Labute approximate surface area is 196 Å². The van der Waals surface area contributed by atoms with E-state index in [1.807, 2.05) is 0 Å². The molecule has 3 unspecified atom stereocenters. The second-order valence-corrected chi connectivity index (χ2v) is 8.09. The standard InChI is InChI=1S/C23H20O12/c1-7-12-8(5-9(33-2)13(7)21(30)35-4)16(25)14-15(17(12)26)19(28)22(31)11(24)6-10(34-3)18(27)23(22,32)20(14)29/h5-6,18,25-27,31-32H,1-4H3. The van der Waals surface area contributed by atoms with Crippen molar-refractivity contribution in [3.8, 4) is 17.2 Å². The van der Waals surface area contributed by atoms with Crippen molar-refractivity contribution in [3.05, 3.63) is 40.2 Å². The molecule has 2 aliphatic carbocycles. The predicted molar refractivity (Wildman–Crippen MR) is 115 cm³/mol. The number of ether oxygens (including phenoxy) is 3.